The van der Waals surface area contributed by atoms with Crippen LogP contribution in [-0.4, -0.2) is 19.1 Å². The van der Waals surface area contributed by atoms with E-state index in [1.807, 2.05) is 24.3 Å². The number of carbonyl (C=O) groups excluding carboxylic acids is 1. The maximum Gasteiger partial charge on any atom is 0.228 e. The van der Waals surface area contributed by atoms with Crippen molar-refractivity contribution >= 4 is 11.6 Å². The average molecular weight is 260 g/mol. The van der Waals surface area contributed by atoms with Crippen LogP contribution >= 0.6 is 0 Å². The molecular formula is C15H20N2O2. The molecule has 1 aromatic rings. The molecule has 0 radical (unpaired) electrons. The number of benzene rings is 1. The number of hydrogen-bond donors (Lipinski definition) is 2. The topological polar surface area (TPSA) is 64.3 Å². The SMILES string of the molecule is NCCOc1ccccc1NC(=O)C1C2CCCC21. The summed E-state index contributed by atoms with van der Waals surface area (Å²) < 4.78 is 5.54. The maximum atomic E-state index is 12.2. The third-order valence-electron chi connectivity index (χ3n) is 4.23. The summed E-state index contributed by atoms with van der Waals surface area (Å²) in [6.07, 6.45) is 3.72. The number of hydrogen-bond acceptors (Lipinski definition) is 3. The van der Waals surface area contributed by atoms with Crippen LogP contribution in [0.2, 0.25) is 0 Å². The zero-order valence-electron chi connectivity index (χ0n) is 11.0. The van der Waals surface area contributed by atoms with E-state index in [-0.39, 0.29) is 11.8 Å². The van der Waals surface area contributed by atoms with Gasteiger partial charge in [0.1, 0.15) is 12.4 Å². The van der Waals surface area contributed by atoms with Gasteiger partial charge < -0.3 is 15.8 Å². The van der Waals surface area contributed by atoms with Crippen molar-refractivity contribution < 1.29 is 9.53 Å². The lowest BCUT2D eigenvalue weighted by molar-refractivity contribution is -0.118. The number of nitrogens with two attached hydrogens (primary N) is 1. The Hall–Kier alpha value is -1.55. The molecule has 0 heterocycles. The van der Waals surface area contributed by atoms with Crippen molar-refractivity contribution in [2.24, 2.45) is 23.5 Å². The molecule has 19 heavy (non-hydrogen) atoms. The fourth-order valence-corrected chi connectivity index (χ4v) is 3.29. The van der Waals surface area contributed by atoms with Crippen LogP contribution in [0.4, 0.5) is 5.69 Å². The van der Waals surface area contributed by atoms with Gasteiger partial charge in [-0.15, -0.1) is 0 Å². The predicted octanol–water partition coefficient (Wildman–Crippen LogP) is 2.01. The van der Waals surface area contributed by atoms with Crippen molar-refractivity contribution in [1.82, 2.24) is 0 Å². The van der Waals surface area contributed by atoms with Gasteiger partial charge in [0.25, 0.3) is 0 Å². The number of para-hydroxylation sites is 2. The second kappa shape index (κ2) is 5.21. The normalized spacial score (nSPS) is 27.7. The Labute approximate surface area is 113 Å². The standard InChI is InChI=1S/C15H20N2O2/c16-8-9-19-13-7-2-1-6-12(13)17-15(18)14-10-4-3-5-11(10)14/h1-2,6-7,10-11,14H,3-5,8-9,16H2,(H,17,18). The summed E-state index contributed by atoms with van der Waals surface area (Å²) in [5, 5.41) is 3.01. The van der Waals surface area contributed by atoms with Crippen LogP contribution in [-0.2, 0) is 4.79 Å². The van der Waals surface area contributed by atoms with Crippen LogP contribution in [0.15, 0.2) is 24.3 Å². The quantitative estimate of drug-likeness (QED) is 0.851. The number of carbonyl (C=O) groups is 1. The molecule has 0 spiro atoms. The Morgan fingerprint density at radius 1 is 1.32 bits per heavy atom. The van der Waals surface area contributed by atoms with Crippen LogP contribution < -0.4 is 15.8 Å². The summed E-state index contributed by atoms with van der Waals surface area (Å²) in [5.74, 6) is 2.36. The van der Waals surface area contributed by atoms with Crippen molar-refractivity contribution in [2.45, 2.75) is 19.3 Å². The largest absolute Gasteiger partial charge is 0.490 e. The molecule has 3 N–H and O–H groups in total. The second-order valence-electron chi connectivity index (χ2n) is 5.41. The van der Waals surface area contributed by atoms with Gasteiger partial charge in [0.15, 0.2) is 0 Å². The van der Waals surface area contributed by atoms with E-state index < -0.39 is 0 Å². The Morgan fingerprint density at radius 2 is 2.05 bits per heavy atom. The van der Waals surface area contributed by atoms with Crippen LogP contribution in [0.3, 0.4) is 0 Å². The van der Waals surface area contributed by atoms with Gasteiger partial charge in [-0.1, -0.05) is 18.6 Å². The molecule has 0 aromatic heterocycles. The van der Waals surface area contributed by atoms with E-state index in [4.69, 9.17) is 10.5 Å². The smallest absolute Gasteiger partial charge is 0.228 e. The molecule has 2 aliphatic rings. The number of nitrogens with one attached hydrogen (secondary N) is 1. The maximum absolute atomic E-state index is 12.2. The van der Waals surface area contributed by atoms with Crippen LogP contribution in [0.5, 0.6) is 5.75 Å². The van der Waals surface area contributed by atoms with E-state index in [1.165, 1.54) is 19.3 Å². The van der Waals surface area contributed by atoms with E-state index in [2.05, 4.69) is 5.32 Å². The first-order chi connectivity index (χ1) is 9.31. The third-order valence-corrected chi connectivity index (χ3v) is 4.23. The van der Waals surface area contributed by atoms with Gasteiger partial charge in [0.05, 0.1) is 5.69 Å². The van der Waals surface area contributed by atoms with Crippen molar-refractivity contribution in [3.63, 3.8) is 0 Å². The summed E-state index contributed by atoms with van der Waals surface area (Å²) in [6.45, 7) is 0.927. The van der Waals surface area contributed by atoms with Gasteiger partial charge in [0.2, 0.25) is 5.91 Å². The van der Waals surface area contributed by atoms with Gasteiger partial charge in [-0.3, -0.25) is 4.79 Å². The fraction of sp³-hybridized carbons (Fsp3) is 0.533. The molecular weight excluding hydrogens is 240 g/mol. The lowest BCUT2D eigenvalue weighted by Crippen LogP contribution is -2.18. The summed E-state index contributed by atoms with van der Waals surface area (Å²) in [4.78, 5) is 12.2. The molecule has 102 valence electrons. The first-order valence-corrected chi connectivity index (χ1v) is 7.04. The lowest BCUT2D eigenvalue weighted by atomic mass is 10.1. The molecule has 3 rings (SSSR count). The molecule has 1 aromatic carbocycles. The molecule has 0 bridgehead atoms. The first-order valence-electron chi connectivity index (χ1n) is 7.04. The van der Waals surface area contributed by atoms with E-state index in [9.17, 15) is 4.79 Å². The molecule has 2 fully saturated rings. The molecule has 2 atom stereocenters. The molecule has 2 aliphatic carbocycles. The number of ether oxygens (including phenoxy) is 1. The number of anilines is 1. The van der Waals surface area contributed by atoms with E-state index in [1.54, 1.807) is 0 Å². The van der Waals surface area contributed by atoms with Gasteiger partial charge >= 0.3 is 0 Å². The Morgan fingerprint density at radius 3 is 2.79 bits per heavy atom. The van der Waals surface area contributed by atoms with Crippen molar-refractivity contribution in [3.05, 3.63) is 24.3 Å². The number of fused-ring (bicyclic) bond motifs is 1. The Kier molecular flexibility index (Phi) is 3.42. The molecule has 1 amide bonds. The molecule has 2 unspecified atom stereocenters. The van der Waals surface area contributed by atoms with Crippen LogP contribution in [0, 0.1) is 17.8 Å². The Bertz CT molecular complexity index is 465. The Balaban J connectivity index is 1.64. The van der Waals surface area contributed by atoms with E-state index in [0.29, 0.717) is 30.7 Å². The van der Waals surface area contributed by atoms with Gasteiger partial charge in [-0.25, -0.2) is 0 Å². The zero-order valence-corrected chi connectivity index (χ0v) is 11.0. The number of amides is 1. The summed E-state index contributed by atoms with van der Waals surface area (Å²) in [6, 6.07) is 7.53. The highest BCUT2D eigenvalue weighted by molar-refractivity contribution is 5.96. The van der Waals surface area contributed by atoms with Crippen LogP contribution in [0.1, 0.15) is 19.3 Å². The molecule has 4 nitrogen and oxygen atoms in total. The van der Waals surface area contributed by atoms with Gasteiger partial charge in [-0.2, -0.15) is 0 Å². The lowest BCUT2D eigenvalue weighted by Gasteiger charge is -2.12. The highest BCUT2D eigenvalue weighted by Gasteiger charge is 2.56. The second-order valence-corrected chi connectivity index (χ2v) is 5.41. The first kappa shape index (κ1) is 12.5. The fourth-order valence-electron chi connectivity index (χ4n) is 3.29. The highest BCUT2D eigenvalue weighted by Crippen LogP contribution is 2.57. The molecule has 2 saturated carbocycles. The highest BCUT2D eigenvalue weighted by atomic mass is 16.5. The van der Waals surface area contributed by atoms with E-state index >= 15 is 0 Å². The monoisotopic (exact) mass is 260 g/mol. The minimum absolute atomic E-state index is 0.151. The average Bonchev–Trinajstić information content (AvgIpc) is 2.92. The predicted molar refractivity (Wildman–Crippen MR) is 73.9 cm³/mol. The molecule has 4 heteroatoms. The van der Waals surface area contributed by atoms with Crippen LogP contribution in [0.25, 0.3) is 0 Å². The number of rotatable bonds is 5. The summed E-state index contributed by atoms with van der Waals surface area (Å²) in [5.41, 5.74) is 6.19. The molecule has 0 aliphatic heterocycles. The van der Waals surface area contributed by atoms with Crippen molar-refractivity contribution in [1.29, 1.82) is 0 Å². The molecule has 0 saturated heterocycles. The van der Waals surface area contributed by atoms with Crippen molar-refractivity contribution in [3.8, 4) is 5.75 Å². The minimum atomic E-state index is 0.151. The summed E-state index contributed by atoms with van der Waals surface area (Å²) >= 11 is 0. The van der Waals surface area contributed by atoms with Crippen molar-refractivity contribution in [2.75, 3.05) is 18.5 Å². The summed E-state index contributed by atoms with van der Waals surface area (Å²) in [7, 11) is 0. The van der Waals surface area contributed by atoms with Gasteiger partial charge in [-0.05, 0) is 36.8 Å². The zero-order chi connectivity index (χ0) is 13.2. The van der Waals surface area contributed by atoms with E-state index in [0.717, 1.165) is 5.69 Å². The minimum Gasteiger partial charge on any atom is -0.490 e. The van der Waals surface area contributed by atoms with Gasteiger partial charge in [0, 0.05) is 12.5 Å². The third kappa shape index (κ3) is 2.45.